The molecule has 0 saturated carbocycles. The second-order valence-electron chi connectivity index (χ2n) is 3.60. The van der Waals surface area contributed by atoms with Gasteiger partial charge in [-0.3, -0.25) is 0 Å². The number of ether oxygens (including phenoxy) is 1. The number of likely N-dealkylation sites (tertiary alicyclic amines) is 1. The van der Waals surface area contributed by atoms with Crippen LogP contribution in [-0.2, 0) is 4.74 Å². The summed E-state index contributed by atoms with van der Waals surface area (Å²) in [6.45, 7) is -3.46. The third-order valence-corrected chi connectivity index (χ3v) is 2.49. The maximum atomic E-state index is 12.0. The number of hydrogen-bond acceptors (Lipinski definition) is 1. The van der Waals surface area contributed by atoms with E-state index >= 15 is 0 Å². The number of piperidine rings is 1. The van der Waals surface area contributed by atoms with Crippen LogP contribution in [0, 0.1) is 0 Å². The van der Waals surface area contributed by atoms with Crippen molar-refractivity contribution in [1.29, 1.82) is 0 Å². The summed E-state index contributed by atoms with van der Waals surface area (Å²) in [5.74, 6) is 0. The van der Waals surface area contributed by atoms with Gasteiger partial charge >= 0.3 is 6.98 Å². The zero-order chi connectivity index (χ0) is 9.90. The lowest BCUT2D eigenvalue weighted by atomic mass is 9.90. The molecule has 1 heterocycles. The molecule has 1 rings (SSSR count). The topological polar surface area (TPSA) is 13.7 Å². The van der Waals surface area contributed by atoms with Crippen LogP contribution in [0.2, 0.25) is 0 Å². The van der Waals surface area contributed by atoms with Gasteiger partial charge in [0.15, 0.2) is 0 Å². The fourth-order valence-electron chi connectivity index (χ4n) is 1.77. The molecule has 0 radical (unpaired) electrons. The van der Waals surface area contributed by atoms with Crippen LogP contribution >= 0.6 is 0 Å². The van der Waals surface area contributed by atoms with Crippen molar-refractivity contribution in [3.05, 3.63) is 0 Å². The molecule has 1 fully saturated rings. The zero-order valence-corrected chi connectivity index (χ0v) is 7.73. The standard InChI is InChI=1S/C7H14BF3NO/c1-13-7-2-4-12(5-3-7)6-8(9,10)11/h7H,2-6H2,1H3/q-1/p+1. The second kappa shape index (κ2) is 4.33. The maximum Gasteiger partial charge on any atom is 0.531 e. The molecular formula is C7H15BF3NO. The Morgan fingerprint density at radius 1 is 1.31 bits per heavy atom. The molecule has 13 heavy (non-hydrogen) atoms. The van der Waals surface area contributed by atoms with E-state index < -0.39 is 13.4 Å². The summed E-state index contributed by atoms with van der Waals surface area (Å²) in [6.07, 6.45) is 1.02. The van der Waals surface area contributed by atoms with Gasteiger partial charge in [-0.25, -0.2) is 0 Å². The summed E-state index contributed by atoms with van der Waals surface area (Å²) in [5, 5.41) is 0. The average Bonchev–Trinajstić information content (AvgIpc) is 2.03. The van der Waals surface area contributed by atoms with Crippen molar-refractivity contribution in [2.75, 3.05) is 26.6 Å². The van der Waals surface area contributed by atoms with Gasteiger partial charge < -0.3 is 22.6 Å². The molecule has 6 heteroatoms. The molecule has 1 aliphatic heterocycles. The monoisotopic (exact) mass is 197 g/mol. The minimum Gasteiger partial charge on any atom is -0.445 e. The first-order valence-corrected chi connectivity index (χ1v) is 4.58. The molecule has 1 saturated heterocycles. The van der Waals surface area contributed by atoms with E-state index in [1.165, 1.54) is 0 Å². The minimum atomic E-state index is -4.63. The first-order chi connectivity index (χ1) is 6.01. The van der Waals surface area contributed by atoms with Crippen LogP contribution in [0.1, 0.15) is 12.8 Å². The average molecular weight is 197 g/mol. The highest BCUT2D eigenvalue weighted by molar-refractivity contribution is 6.58. The molecular weight excluding hydrogens is 182 g/mol. The predicted molar refractivity (Wildman–Crippen MR) is 44.7 cm³/mol. The molecule has 0 spiro atoms. The zero-order valence-electron chi connectivity index (χ0n) is 7.73. The molecule has 2 nitrogen and oxygen atoms in total. The quantitative estimate of drug-likeness (QED) is 0.632. The van der Waals surface area contributed by atoms with Gasteiger partial charge in [0.2, 0.25) is 0 Å². The molecule has 0 unspecified atom stereocenters. The van der Waals surface area contributed by atoms with Gasteiger partial charge in [0.1, 0.15) is 0 Å². The summed E-state index contributed by atoms with van der Waals surface area (Å²) in [7, 11) is 1.61. The summed E-state index contributed by atoms with van der Waals surface area (Å²) >= 11 is 0. The van der Waals surface area contributed by atoms with Crippen LogP contribution in [0.3, 0.4) is 0 Å². The summed E-state index contributed by atoms with van der Waals surface area (Å²) in [6, 6.07) is 0. The smallest absolute Gasteiger partial charge is 0.445 e. The van der Waals surface area contributed by atoms with Gasteiger partial charge in [-0.2, -0.15) is 0 Å². The van der Waals surface area contributed by atoms with E-state index in [2.05, 4.69) is 0 Å². The minimum absolute atomic E-state index is 0.171. The van der Waals surface area contributed by atoms with Crippen molar-refractivity contribution in [2.45, 2.75) is 18.9 Å². The third kappa shape index (κ3) is 4.00. The largest absolute Gasteiger partial charge is 0.531 e. The van der Waals surface area contributed by atoms with Crippen LogP contribution in [-0.4, -0.2) is 39.7 Å². The highest BCUT2D eigenvalue weighted by atomic mass is 19.4. The normalized spacial score (nSPS) is 30.5. The summed E-state index contributed by atoms with van der Waals surface area (Å²) in [5.41, 5.74) is 0. The number of quaternary nitrogens is 1. The lowest BCUT2D eigenvalue weighted by Gasteiger charge is -2.31. The van der Waals surface area contributed by atoms with Crippen molar-refractivity contribution >= 4 is 6.98 Å². The molecule has 78 valence electrons. The molecule has 1 N–H and O–H groups in total. The lowest BCUT2D eigenvalue weighted by molar-refractivity contribution is -0.897. The number of hydrogen-bond donors (Lipinski definition) is 1. The molecule has 0 aromatic carbocycles. The Hall–Kier alpha value is -0.225. The Bertz CT molecular complexity index is 156. The Balaban J connectivity index is 2.25. The maximum absolute atomic E-state index is 12.0. The molecule has 0 aliphatic carbocycles. The van der Waals surface area contributed by atoms with Gasteiger partial charge in [-0.1, -0.05) is 0 Å². The van der Waals surface area contributed by atoms with E-state index in [-0.39, 0.29) is 6.10 Å². The number of methoxy groups -OCH3 is 1. The van der Waals surface area contributed by atoms with Crippen LogP contribution in [0.5, 0.6) is 0 Å². The van der Waals surface area contributed by atoms with E-state index in [4.69, 9.17) is 4.74 Å². The molecule has 1 aliphatic rings. The van der Waals surface area contributed by atoms with Gasteiger partial charge in [0.05, 0.1) is 25.6 Å². The SMILES string of the molecule is COC1CC[NH+](C[B-](F)(F)F)CC1. The third-order valence-electron chi connectivity index (χ3n) is 2.49. The lowest BCUT2D eigenvalue weighted by Crippen LogP contribution is -3.15. The number of nitrogens with one attached hydrogen (secondary N) is 1. The molecule has 0 bridgehead atoms. The van der Waals surface area contributed by atoms with Crippen molar-refractivity contribution in [3.63, 3.8) is 0 Å². The van der Waals surface area contributed by atoms with Crippen molar-refractivity contribution in [1.82, 2.24) is 0 Å². The van der Waals surface area contributed by atoms with E-state index in [1.54, 1.807) is 7.11 Å². The van der Waals surface area contributed by atoms with Crippen LogP contribution in [0.25, 0.3) is 0 Å². The van der Waals surface area contributed by atoms with Crippen LogP contribution < -0.4 is 4.90 Å². The summed E-state index contributed by atoms with van der Waals surface area (Å²) < 4.78 is 41.2. The number of halogens is 3. The van der Waals surface area contributed by atoms with Crippen molar-refractivity contribution < 1.29 is 22.6 Å². The van der Waals surface area contributed by atoms with E-state index in [0.29, 0.717) is 18.0 Å². The Labute approximate surface area is 76.1 Å². The molecule has 0 atom stereocenters. The van der Waals surface area contributed by atoms with Gasteiger partial charge in [-0.15, -0.1) is 0 Å². The first-order valence-electron chi connectivity index (χ1n) is 4.58. The van der Waals surface area contributed by atoms with Gasteiger partial charge in [0, 0.05) is 20.0 Å². The fourth-order valence-corrected chi connectivity index (χ4v) is 1.77. The van der Waals surface area contributed by atoms with E-state index in [0.717, 1.165) is 12.8 Å². The summed E-state index contributed by atoms with van der Waals surface area (Å²) in [4.78, 5) is 0.654. The Morgan fingerprint density at radius 2 is 1.85 bits per heavy atom. The Kier molecular flexibility index (Phi) is 3.61. The molecule has 0 aromatic heterocycles. The highest BCUT2D eigenvalue weighted by Gasteiger charge is 2.32. The predicted octanol–water partition coefficient (Wildman–Crippen LogP) is 0.0667. The molecule has 0 amide bonds. The van der Waals surface area contributed by atoms with Crippen LogP contribution in [0.4, 0.5) is 12.9 Å². The van der Waals surface area contributed by atoms with Crippen LogP contribution in [0.15, 0.2) is 0 Å². The first kappa shape index (κ1) is 10.9. The second-order valence-corrected chi connectivity index (χ2v) is 3.60. The van der Waals surface area contributed by atoms with Crippen molar-refractivity contribution in [2.24, 2.45) is 0 Å². The van der Waals surface area contributed by atoms with E-state index in [1.807, 2.05) is 0 Å². The highest BCUT2D eigenvalue weighted by Crippen LogP contribution is 2.06. The van der Waals surface area contributed by atoms with Gasteiger partial charge in [-0.05, 0) is 0 Å². The molecule has 0 aromatic rings. The van der Waals surface area contributed by atoms with Crippen molar-refractivity contribution in [3.8, 4) is 0 Å². The Morgan fingerprint density at radius 3 is 2.23 bits per heavy atom. The van der Waals surface area contributed by atoms with Gasteiger partial charge in [0.25, 0.3) is 0 Å². The fraction of sp³-hybridized carbons (Fsp3) is 1.00. The van der Waals surface area contributed by atoms with E-state index in [9.17, 15) is 12.9 Å². The number of rotatable bonds is 3.